The zero-order valence-corrected chi connectivity index (χ0v) is 11.1. The predicted molar refractivity (Wildman–Crippen MR) is 66.0 cm³/mol. The molecule has 0 aliphatic carbocycles. The van der Waals surface area contributed by atoms with Crippen LogP contribution in [0.25, 0.3) is 0 Å². The van der Waals surface area contributed by atoms with E-state index < -0.39 is 14.2 Å². The summed E-state index contributed by atoms with van der Waals surface area (Å²) in [5.41, 5.74) is 1.03. The van der Waals surface area contributed by atoms with E-state index in [-0.39, 0.29) is 5.57 Å². The Morgan fingerprint density at radius 2 is 2.06 bits per heavy atom. The highest BCUT2D eigenvalue weighted by molar-refractivity contribution is 7.33. The Morgan fingerprint density at radius 1 is 1.39 bits per heavy atom. The van der Waals surface area contributed by atoms with E-state index in [1.165, 1.54) is 6.92 Å². The number of para-hydroxylation sites is 1. The Bertz CT molecular complexity index is 469. The quantitative estimate of drug-likeness (QED) is 0.343. The normalized spacial score (nSPS) is 10.7. The Hall–Kier alpha value is -1.71. The van der Waals surface area contributed by atoms with Crippen LogP contribution in [0.1, 0.15) is 19.4 Å². The topological polar surface area (TPSA) is 61.8 Å². The number of aryl methyl sites for hydroxylation is 1. The third kappa shape index (κ3) is 4.28. The van der Waals surface area contributed by atoms with E-state index in [0.717, 1.165) is 12.0 Å². The molecule has 0 radical (unpaired) electrons. The molecule has 0 saturated heterocycles. The van der Waals surface area contributed by atoms with Gasteiger partial charge in [-0.25, -0.2) is 14.2 Å². The smallest absolute Gasteiger partial charge is 0.246 e. The Labute approximate surface area is 106 Å². The lowest BCUT2D eigenvalue weighted by atomic mass is 10.1. The van der Waals surface area contributed by atoms with Crippen LogP contribution in [0.15, 0.2) is 36.4 Å². The van der Waals surface area contributed by atoms with Crippen LogP contribution >= 0.6 is 8.25 Å². The van der Waals surface area contributed by atoms with Gasteiger partial charge in [0.15, 0.2) is 5.75 Å². The summed E-state index contributed by atoms with van der Waals surface area (Å²) in [6.07, 6.45) is 0.727. The highest BCUT2D eigenvalue weighted by Crippen LogP contribution is 2.31. The van der Waals surface area contributed by atoms with Crippen molar-refractivity contribution in [1.29, 1.82) is 0 Å². The molecule has 0 amide bonds. The molecule has 0 bridgehead atoms. The fourth-order valence-corrected chi connectivity index (χ4v) is 1.61. The summed E-state index contributed by atoms with van der Waals surface area (Å²) in [5, 5.41) is 0. The molecule has 0 aliphatic heterocycles. The average molecular weight is 269 g/mol. The average Bonchev–Trinajstić information content (AvgIpc) is 2.36. The molecule has 5 nitrogen and oxygen atoms in total. The number of rotatable bonds is 6. The molecule has 1 atom stereocenters. The molecule has 0 aromatic heterocycles. The van der Waals surface area contributed by atoms with Crippen LogP contribution in [0.5, 0.6) is 5.75 Å². The molecule has 0 aliphatic rings. The largest absolute Gasteiger partial charge is 0.791 e. The fraction of sp³-hybridized carbons (Fsp3) is 0.250. The van der Waals surface area contributed by atoms with Crippen molar-refractivity contribution in [3.05, 3.63) is 42.0 Å². The number of hydrogen-bond acceptors (Lipinski definition) is 5. The van der Waals surface area contributed by atoms with Crippen LogP contribution in [0, 0.1) is 0 Å². The molecule has 0 heterocycles. The number of carbonyl (C=O) groups is 1. The fourth-order valence-electron chi connectivity index (χ4n) is 1.12. The molecule has 0 spiro atoms. The van der Waals surface area contributed by atoms with Gasteiger partial charge in [0.2, 0.25) is 0 Å². The van der Waals surface area contributed by atoms with Crippen molar-refractivity contribution in [3.63, 3.8) is 0 Å². The lowest BCUT2D eigenvalue weighted by molar-refractivity contribution is -0.208. The summed E-state index contributed by atoms with van der Waals surface area (Å²) in [5.74, 6) is -0.349. The summed E-state index contributed by atoms with van der Waals surface area (Å²) < 4.78 is 20.8. The maximum atomic E-state index is 11.4. The molecule has 1 aromatic rings. The third-order valence-electron chi connectivity index (χ3n) is 2.05. The second-order valence-electron chi connectivity index (χ2n) is 3.50. The van der Waals surface area contributed by atoms with Crippen LogP contribution in [-0.4, -0.2) is 5.97 Å². The first-order chi connectivity index (χ1) is 8.54. The van der Waals surface area contributed by atoms with Gasteiger partial charge < -0.3 is 0 Å². The highest BCUT2D eigenvalue weighted by Gasteiger charge is 2.28. The minimum Gasteiger partial charge on any atom is -0.246 e. The van der Waals surface area contributed by atoms with Gasteiger partial charge in [-0.3, -0.25) is 0 Å². The van der Waals surface area contributed by atoms with E-state index in [2.05, 4.69) is 16.1 Å². The number of carbonyl (C=O) groups excluding carboxylic acids is 1. The van der Waals surface area contributed by atoms with Gasteiger partial charge in [0.25, 0.3) is 0 Å². The Balaban J connectivity index is 2.54. The highest BCUT2D eigenvalue weighted by atomic mass is 31.1. The van der Waals surface area contributed by atoms with Gasteiger partial charge in [-0.2, -0.15) is 0 Å². The van der Waals surface area contributed by atoms with Crippen molar-refractivity contribution in [3.8, 4) is 5.75 Å². The van der Waals surface area contributed by atoms with Crippen molar-refractivity contribution in [1.82, 2.24) is 0 Å². The predicted octanol–water partition coefficient (Wildman–Crippen LogP) is 3.34. The molecule has 0 fully saturated rings. The van der Waals surface area contributed by atoms with Crippen LogP contribution in [0.4, 0.5) is 0 Å². The van der Waals surface area contributed by atoms with Gasteiger partial charge in [0, 0.05) is 10.1 Å². The second-order valence-corrected chi connectivity index (χ2v) is 4.28. The van der Waals surface area contributed by atoms with E-state index >= 15 is 0 Å². The minimum absolute atomic E-state index is 0.146. The van der Waals surface area contributed by atoms with Crippen LogP contribution in [0.3, 0.4) is 0 Å². The van der Waals surface area contributed by atoms with Gasteiger partial charge in [-0.1, -0.05) is 31.7 Å². The van der Waals surface area contributed by atoms with Gasteiger partial charge in [0.1, 0.15) is 4.67 Å². The summed E-state index contributed by atoms with van der Waals surface area (Å²) in [7, 11) is -2.57. The third-order valence-corrected chi connectivity index (χ3v) is 2.59. The first-order valence-corrected chi connectivity index (χ1v) is 6.41. The molecule has 96 valence electrons. The van der Waals surface area contributed by atoms with Gasteiger partial charge in [-0.05, 0) is 25.0 Å². The molecule has 0 saturated carbocycles. The Kier molecular flexibility index (Phi) is 5.49. The lowest BCUT2D eigenvalue weighted by Gasteiger charge is -1.99. The summed E-state index contributed by atoms with van der Waals surface area (Å²) in [6.45, 7) is 6.75. The van der Waals surface area contributed by atoms with Gasteiger partial charge in [0.05, 0.1) is 0 Å². The number of hydrogen-bond donors (Lipinski definition) is 0. The zero-order valence-electron chi connectivity index (χ0n) is 10.2. The molecule has 0 N–H and O–H groups in total. The lowest BCUT2D eigenvalue weighted by Crippen LogP contribution is -2.03. The summed E-state index contributed by atoms with van der Waals surface area (Å²) in [6, 6.07) is 7.10. The maximum Gasteiger partial charge on any atom is 0.791 e. The van der Waals surface area contributed by atoms with E-state index in [4.69, 9.17) is 4.52 Å². The standard InChI is InChI=1S/C12H14O5P/c1-4-10-7-5-6-8-11(10)16-18(14)17-15-12(13)9(2)3/h5-8H,2,4H2,1,3H3/q+1. The van der Waals surface area contributed by atoms with Crippen LogP contribution in [-0.2, 0) is 25.3 Å². The van der Waals surface area contributed by atoms with Crippen molar-refractivity contribution in [2.24, 2.45) is 0 Å². The van der Waals surface area contributed by atoms with E-state index in [1.807, 2.05) is 19.1 Å². The summed E-state index contributed by atoms with van der Waals surface area (Å²) in [4.78, 5) is 15.3. The zero-order chi connectivity index (χ0) is 13.5. The number of benzene rings is 1. The van der Waals surface area contributed by atoms with Crippen molar-refractivity contribution >= 4 is 14.2 Å². The summed E-state index contributed by atoms with van der Waals surface area (Å²) >= 11 is 0. The first kappa shape index (κ1) is 14.4. The Morgan fingerprint density at radius 3 is 2.67 bits per heavy atom. The van der Waals surface area contributed by atoms with Crippen LogP contribution in [0.2, 0.25) is 0 Å². The molecular weight excluding hydrogens is 255 g/mol. The molecular formula is C12H14O5P+. The minimum atomic E-state index is -2.57. The molecule has 18 heavy (non-hydrogen) atoms. The molecule has 6 heteroatoms. The van der Waals surface area contributed by atoms with E-state index in [9.17, 15) is 9.36 Å². The second kappa shape index (κ2) is 6.89. The molecule has 1 aromatic carbocycles. The monoisotopic (exact) mass is 269 g/mol. The van der Waals surface area contributed by atoms with E-state index in [0.29, 0.717) is 5.75 Å². The molecule has 1 rings (SSSR count). The maximum absolute atomic E-state index is 11.4. The van der Waals surface area contributed by atoms with Crippen LogP contribution < -0.4 is 4.52 Å². The first-order valence-electron chi connectivity index (χ1n) is 5.32. The van der Waals surface area contributed by atoms with Crippen molar-refractivity contribution in [2.45, 2.75) is 20.3 Å². The van der Waals surface area contributed by atoms with Crippen molar-refractivity contribution < 1.29 is 23.4 Å². The van der Waals surface area contributed by atoms with Gasteiger partial charge in [-0.15, -0.1) is 0 Å². The molecule has 1 unspecified atom stereocenters. The SMILES string of the molecule is C=C(C)C(=O)OO[P+](=O)Oc1ccccc1CC. The van der Waals surface area contributed by atoms with Crippen molar-refractivity contribution in [2.75, 3.05) is 0 Å². The van der Waals surface area contributed by atoms with Gasteiger partial charge >= 0.3 is 14.2 Å². The van der Waals surface area contributed by atoms with E-state index in [1.54, 1.807) is 12.1 Å².